The average Bonchev–Trinajstić information content (AvgIpc) is 2.55. The van der Waals surface area contributed by atoms with Crippen molar-refractivity contribution < 1.29 is 9.90 Å². The molecule has 0 aromatic carbocycles. The highest BCUT2D eigenvalue weighted by Crippen LogP contribution is 2.29. The fourth-order valence-corrected chi connectivity index (χ4v) is 2.94. The lowest BCUT2D eigenvalue weighted by atomic mass is 10.2. The first-order valence-electron chi connectivity index (χ1n) is 4.02. The van der Waals surface area contributed by atoms with Crippen molar-refractivity contribution in [1.82, 2.24) is 4.98 Å². The molecule has 1 unspecified atom stereocenters. The molecule has 0 amide bonds. The Bertz CT molecular complexity index is 316. The van der Waals surface area contributed by atoms with Crippen molar-refractivity contribution in [3.05, 3.63) is 10.0 Å². The van der Waals surface area contributed by atoms with Crippen molar-refractivity contribution in [1.29, 1.82) is 0 Å². The summed E-state index contributed by atoms with van der Waals surface area (Å²) in [5.41, 5.74) is 0. The van der Waals surface area contributed by atoms with E-state index >= 15 is 0 Å². The molecule has 1 rings (SSSR count). The smallest absolute Gasteiger partial charge is 0.163 e. The molecule has 0 aliphatic heterocycles. The molecule has 1 heterocycles. The third-order valence-corrected chi connectivity index (χ3v) is 4.35. The molecule has 0 saturated heterocycles. The van der Waals surface area contributed by atoms with Gasteiger partial charge in [0.25, 0.3) is 0 Å². The first-order chi connectivity index (χ1) is 6.67. The molecule has 1 aromatic rings. The standard InChI is InChI=1S/C8H10ClNO2S2/c1-5(2-11)4-13-8-10-7(9)6(3-12)14-8/h3,5,11H,2,4H2,1H3. The second-order valence-electron chi connectivity index (χ2n) is 2.85. The molecule has 6 heteroatoms. The summed E-state index contributed by atoms with van der Waals surface area (Å²) in [4.78, 5) is 15.0. The van der Waals surface area contributed by atoms with Gasteiger partial charge in [0.05, 0.1) is 0 Å². The van der Waals surface area contributed by atoms with Crippen LogP contribution in [0, 0.1) is 5.92 Å². The van der Waals surface area contributed by atoms with E-state index in [2.05, 4.69) is 4.98 Å². The van der Waals surface area contributed by atoms with E-state index in [1.165, 1.54) is 23.1 Å². The highest BCUT2D eigenvalue weighted by atomic mass is 35.5. The molecule has 1 N–H and O–H groups in total. The lowest BCUT2D eigenvalue weighted by Crippen LogP contribution is -2.02. The van der Waals surface area contributed by atoms with Crippen LogP contribution in [0.1, 0.15) is 16.6 Å². The zero-order chi connectivity index (χ0) is 10.6. The molecule has 0 aliphatic carbocycles. The van der Waals surface area contributed by atoms with E-state index in [4.69, 9.17) is 16.7 Å². The van der Waals surface area contributed by atoms with Crippen molar-refractivity contribution in [2.24, 2.45) is 5.92 Å². The molecular weight excluding hydrogens is 242 g/mol. The van der Waals surface area contributed by atoms with Gasteiger partial charge in [-0.05, 0) is 5.92 Å². The number of aromatic nitrogens is 1. The third kappa shape index (κ3) is 3.24. The summed E-state index contributed by atoms with van der Waals surface area (Å²) in [5.74, 6) is 1.00. The Labute approximate surface area is 95.5 Å². The topological polar surface area (TPSA) is 50.2 Å². The van der Waals surface area contributed by atoms with Gasteiger partial charge in [-0.3, -0.25) is 4.79 Å². The van der Waals surface area contributed by atoms with E-state index in [0.29, 0.717) is 11.2 Å². The monoisotopic (exact) mass is 251 g/mol. The molecule has 1 aromatic heterocycles. The predicted octanol–water partition coefficient (Wildman–Crippen LogP) is 2.33. The van der Waals surface area contributed by atoms with Gasteiger partial charge in [0, 0.05) is 12.4 Å². The maximum Gasteiger partial charge on any atom is 0.163 e. The van der Waals surface area contributed by atoms with E-state index in [9.17, 15) is 4.79 Å². The fourth-order valence-electron chi connectivity index (χ4n) is 0.695. The van der Waals surface area contributed by atoms with E-state index < -0.39 is 0 Å². The van der Waals surface area contributed by atoms with Crippen LogP contribution in [0.2, 0.25) is 5.15 Å². The van der Waals surface area contributed by atoms with Gasteiger partial charge in [-0.25, -0.2) is 4.98 Å². The fraction of sp³-hybridized carbons (Fsp3) is 0.500. The molecule has 14 heavy (non-hydrogen) atoms. The summed E-state index contributed by atoms with van der Waals surface area (Å²) in [6.07, 6.45) is 0.708. The van der Waals surface area contributed by atoms with Crippen LogP contribution in [0.3, 0.4) is 0 Å². The van der Waals surface area contributed by atoms with Gasteiger partial charge in [0.2, 0.25) is 0 Å². The van der Waals surface area contributed by atoms with Crippen LogP contribution in [-0.2, 0) is 0 Å². The molecule has 0 spiro atoms. The zero-order valence-corrected chi connectivity index (χ0v) is 9.95. The Morgan fingerprint density at radius 2 is 2.50 bits per heavy atom. The van der Waals surface area contributed by atoms with Gasteiger partial charge < -0.3 is 5.11 Å². The van der Waals surface area contributed by atoms with Gasteiger partial charge >= 0.3 is 0 Å². The maximum absolute atomic E-state index is 10.5. The van der Waals surface area contributed by atoms with Gasteiger partial charge in [-0.2, -0.15) is 0 Å². The average molecular weight is 252 g/mol. The van der Waals surface area contributed by atoms with E-state index in [0.717, 1.165) is 10.1 Å². The molecule has 1 atom stereocenters. The number of thiazole rings is 1. The second kappa shape index (κ2) is 5.70. The Morgan fingerprint density at radius 1 is 1.79 bits per heavy atom. The van der Waals surface area contributed by atoms with E-state index in [-0.39, 0.29) is 17.7 Å². The number of halogens is 1. The minimum absolute atomic E-state index is 0.159. The number of aldehydes is 1. The summed E-state index contributed by atoms with van der Waals surface area (Å²) in [7, 11) is 0. The molecule has 0 saturated carbocycles. The molecule has 0 aliphatic rings. The number of aliphatic hydroxyl groups is 1. The molecule has 0 bridgehead atoms. The molecular formula is C8H10ClNO2S2. The lowest BCUT2D eigenvalue weighted by molar-refractivity contribution is 0.112. The number of hydrogen-bond donors (Lipinski definition) is 1. The van der Waals surface area contributed by atoms with Crippen LogP contribution in [0.5, 0.6) is 0 Å². The Morgan fingerprint density at radius 3 is 3.00 bits per heavy atom. The summed E-state index contributed by atoms with van der Waals surface area (Å²) in [5, 5.41) is 9.07. The number of carbonyl (C=O) groups is 1. The van der Waals surface area contributed by atoms with Gasteiger partial charge in [0.1, 0.15) is 4.88 Å². The third-order valence-electron chi connectivity index (χ3n) is 1.50. The van der Waals surface area contributed by atoms with Crippen LogP contribution in [0.25, 0.3) is 0 Å². The summed E-state index contributed by atoms with van der Waals surface area (Å²) < 4.78 is 0.775. The Hall–Kier alpha value is -0.100. The highest BCUT2D eigenvalue weighted by Gasteiger charge is 2.09. The van der Waals surface area contributed by atoms with Gasteiger partial charge in [0.15, 0.2) is 15.8 Å². The maximum atomic E-state index is 10.5. The van der Waals surface area contributed by atoms with Crippen molar-refractivity contribution in [3.63, 3.8) is 0 Å². The van der Waals surface area contributed by atoms with Crippen LogP contribution in [0.15, 0.2) is 4.34 Å². The number of thioether (sulfide) groups is 1. The molecule has 0 radical (unpaired) electrons. The minimum Gasteiger partial charge on any atom is -0.396 e. The summed E-state index contributed by atoms with van der Waals surface area (Å²) in [6, 6.07) is 0. The van der Waals surface area contributed by atoms with Crippen LogP contribution in [-0.4, -0.2) is 28.7 Å². The number of carbonyl (C=O) groups excluding carboxylic acids is 1. The second-order valence-corrected chi connectivity index (χ2v) is 5.51. The molecule has 78 valence electrons. The number of rotatable bonds is 5. The Kier molecular flexibility index (Phi) is 4.88. The van der Waals surface area contributed by atoms with Crippen molar-refractivity contribution in [2.75, 3.05) is 12.4 Å². The van der Waals surface area contributed by atoms with E-state index in [1.807, 2.05) is 6.92 Å². The van der Waals surface area contributed by atoms with Crippen LogP contribution >= 0.6 is 34.7 Å². The lowest BCUT2D eigenvalue weighted by Gasteiger charge is -2.03. The number of hydrogen-bond acceptors (Lipinski definition) is 5. The zero-order valence-electron chi connectivity index (χ0n) is 7.57. The Balaban J connectivity index is 2.55. The van der Waals surface area contributed by atoms with E-state index in [1.54, 1.807) is 0 Å². The molecule has 0 fully saturated rings. The SMILES string of the molecule is CC(CO)CSc1nc(Cl)c(C=O)s1. The number of nitrogens with zero attached hydrogens (tertiary/aromatic N) is 1. The van der Waals surface area contributed by atoms with Crippen molar-refractivity contribution in [2.45, 2.75) is 11.3 Å². The normalized spacial score (nSPS) is 12.8. The quantitative estimate of drug-likeness (QED) is 0.645. The highest BCUT2D eigenvalue weighted by molar-refractivity contribution is 8.01. The van der Waals surface area contributed by atoms with Gasteiger partial charge in [-0.1, -0.05) is 30.3 Å². The predicted molar refractivity (Wildman–Crippen MR) is 59.5 cm³/mol. The van der Waals surface area contributed by atoms with Crippen LogP contribution in [0.4, 0.5) is 0 Å². The summed E-state index contributed by atoms with van der Waals surface area (Å²) in [6.45, 7) is 2.11. The first kappa shape index (κ1) is 12.0. The first-order valence-corrected chi connectivity index (χ1v) is 6.20. The van der Waals surface area contributed by atoms with Crippen LogP contribution < -0.4 is 0 Å². The van der Waals surface area contributed by atoms with Crippen molar-refractivity contribution in [3.8, 4) is 0 Å². The number of aliphatic hydroxyl groups excluding tert-OH is 1. The summed E-state index contributed by atoms with van der Waals surface area (Å²) >= 11 is 8.49. The van der Waals surface area contributed by atoms with Gasteiger partial charge in [-0.15, -0.1) is 11.3 Å². The van der Waals surface area contributed by atoms with Crippen molar-refractivity contribution >= 4 is 41.0 Å². The molecule has 3 nitrogen and oxygen atoms in total. The largest absolute Gasteiger partial charge is 0.396 e. The minimum atomic E-state index is 0.159.